The van der Waals surface area contributed by atoms with Gasteiger partial charge in [-0.3, -0.25) is 0 Å². The Morgan fingerprint density at radius 1 is 0.323 bits per heavy atom. The zero-order chi connectivity index (χ0) is 49.3. The second kappa shape index (κ2) is 22.0. The Bertz CT molecular complexity index is 1230. The molecule has 34 heteroatoms. The topological polar surface area (TPSA) is 77.4 Å². The number of alkyl halides is 26. The normalized spacial score (nSPS) is 16.3. The van der Waals surface area contributed by atoms with Crippen molar-refractivity contribution in [2.45, 2.75) is 96.6 Å². The summed E-state index contributed by atoms with van der Waals surface area (Å²) in [5.41, 5.74) is 0. The predicted molar refractivity (Wildman–Crippen MR) is 161 cm³/mol. The van der Waals surface area contributed by atoms with E-state index in [1.54, 1.807) is 0 Å². The van der Waals surface area contributed by atoms with Crippen molar-refractivity contribution >= 4 is 23.5 Å². The fourth-order valence-electron chi connectivity index (χ4n) is 3.85. The van der Waals surface area contributed by atoms with Gasteiger partial charge in [0.2, 0.25) is 0 Å². The average molecular weight is 1020 g/mol. The molecule has 0 aliphatic carbocycles. The van der Waals surface area contributed by atoms with Crippen molar-refractivity contribution < 1.29 is 143 Å². The van der Waals surface area contributed by atoms with Gasteiger partial charge in [-0.15, -0.1) is 0 Å². The van der Waals surface area contributed by atoms with Gasteiger partial charge in [0, 0.05) is 24.3 Å². The van der Waals surface area contributed by atoms with Crippen LogP contribution in [-0.2, 0) is 18.9 Å². The lowest BCUT2D eigenvalue weighted by Crippen LogP contribution is -2.70. The Morgan fingerprint density at radius 3 is 0.790 bits per heavy atom. The fourth-order valence-corrected chi connectivity index (χ4v) is 5.72. The Kier molecular flexibility index (Phi) is 21.5. The van der Waals surface area contributed by atoms with E-state index in [2.05, 4.69) is 0 Å². The summed E-state index contributed by atoms with van der Waals surface area (Å²) in [5.74, 6) is -78.8. The maximum atomic E-state index is 13.8. The summed E-state index contributed by atoms with van der Waals surface area (Å²) < 4.78 is 361. The molecule has 0 saturated heterocycles. The third-order valence-electron chi connectivity index (χ3n) is 7.47. The number of halogens is 26. The van der Waals surface area contributed by atoms with Crippen LogP contribution in [0.15, 0.2) is 0 Å². The number of thioether (sulfide) groups is 2. The predicted octanol–water partition coefficient (Wildman–Crippen LogP) is 9.50. The number of hydrogen-bond acceptors (Lipinski definition) is 8. The minimum Gasteiger partial charge on any atom is -0.390 e. The maximum Gasteiger partial charge on any atom is 0.460 e. The number of aliphatic hydroxyl groups is 2. The number of hydrogen-bond donors (Lipinski definition) is 2. The molecule has 62 heavy (non-hydrogen) atoms. The Hall–Kier alpha value is -1.36. The molecule has 2 unspecified atom stereocenters. The molecule has 0 aliphatic rings. The SMILES string of the molecule is OC(COCCOCCOCCOCC(O)CSCCC(F)(F)C(F)(F)C(F)(F)C(F)(F)C(F)(F)C(F)(F)F)CSCCC(F)(F)C(F)(F)C(F)(F)C(F)(F)C(F)(F)C(F)(F)F. The van der Waals surface area contributed by atoms with Crippen LogP contribution < -0.4 is 0 Å². The van der Waals surface area contributed by atoms with E-state index in [4.69, 9.17) is 18.9 Å². The molecule has 374 valence electrons. The van der Waals surface area contributed by atoms with Gasteiger partial charge in [-0.1, -0.05) is 0 Å². The molecule has 2 atom stereocenters. The quantitative estimate of drug-likeness (QED) is 0.0526. The van der Waals surface area contributed by atoms with Gasteiger partial charge in [-0.05, 0) is 11.5 Å². The molecule has 0 heterocycles. The summed E-state index contributed by atoms with van der Waals surface area (Å²) in [6, 6.07) is 0. The van der Waals surface area contributed by atoms with Crippen molar-refractivity contribution in [3.05, 3.63) is 0 Å². The van der Waals surface area contributed by atoms with Gasteiger partial charge in [0.05, 0.1) is 65.1 Å². The van der Waals surface area contributed by atoms with E-state index in [1.165, 1.54) is 0 Å². The average Bonchev–Trinajstić information content (AvgIpc) is 3.10. The van der Waals surface area contributed by atoms with Gasteiger partial charge in [0.15, 0.2) is 0 Å². The third kappa shape index (κ3) is 13.6. The van der Waals surface area contributed by atoms with E-state index in [-0.39, 0.29) is 63.2 Å². The lowest BCUT2D eigenvalue weighted by molar-refractivity contribution is -0.439. The molecule has 0 spiro atoms. The first kappa shape index (κ1) is 60.6. The molecular weight excluding hydrogens is 990 g/mol. The summed E-state index contributed by atoms with van der Waals surface area (Å²) in [5, 5.41) is 19.4. The van der Waals surface area contributed by atoms with Crippen LogP contribution in [-0.4, -0.2) is 170 Å². The van der Waals surface area contributed by atoms with Crippen LogP contribution in [0.2, 0.25) is 0 Å². The van der Waals surface area contributed by atoms with Gasteiger partial charge >= 0.3 is 71.6 Å². The van der Waals surface area contributed by atoms with Gasteiger partial charge in [-0.2, -0.15) is 138 Å². The molecule has 0 saturated carbocycles. The van der Waals surface area contributed by atoms with Crippen LogP contribution in [0.5, 0.6) is 0 Å². The number of aliphatic hydroxyl groups excluding tert-OH is 2. The van der Waals surface area contributed by atoms with Crippen LogP contribution in [0.1, 0.15) is 12.8 Å². The van der Waals surface area contributed by atoms with Gasteiger partial charge < -0.3 is 29.2 Å². The second-order valence-electron chi connectivity index (χ2n) is 12.3. The van der Waals surface area contributed by atoms with E-state index < -0.39 is 133 Å². The van der Waals surface area contributed by atoms with Gasteiger partial charge in [0.1, 0.15) is 0 Å². The van der Waals surface area contributed by atoms with Gasteiger partial charge in [-0.25, -0.2) is 0 Å². The van der Waals surface area contributed by atoms with E-state index in [1.807, 2.05) is 0 Å². The first-order valence-corrected chi connectivity index (χ1v) is 18.5. The number of ether oxygens (including phenoxy) is 4. The highest BCUT2D eigenvalue weighted by atomic mass is 32.2. The third-order valence-corrected chi connectivity index (χ3v) is 9.70. The molecule has 0 rings (SSSR count). The zero-order valence-corrected chi connectivity index (χ0v) is 31.9. The van der Waals surface area contributed by atoms with Crippen LogP contribution in [0.4, 0.5) is 114 Å². The zero-order valence-electron chi connectivity index (χ0n) is 30.2. The molecule has 0 aliphatic heterocycles. The summed E-state index contributed by atoms with van der Waals surface area (Å²) >= 11 is 0.234. The minimum atomic E-state index is -8.01. The molecule has 0 amide bonds. The van der Waals surface area contributed by atoms with Crippen molar-refractivity contribution in [2.24, 2.45) is 0 Å². The van der Waals surface area contributed by atoms with E-state index in [0.717, 1.165) is 0 Å². The fraction of sp³-hybridized carbons (Fsp3) is 1.00. The summed E-state index contributed by atoms with van der Waals surface area (Å²) in [6.07, 6.45) is -23.1. The molecule has 0 aromatic heterocycles. The Morgan fingerprint density at radius 2 is 0.548 bits per heavy atom. The molecule has 0 bridgehead atoms. The molecule has 2 N–H and O–H groups in total. The summed E-state index contributed by atoms with van der Waals surface area (Å²) in [6.45, 7) is -2.45. The van der Waals surface area contributed by atoms with Crippen molar-refractivity contribution in [3.8, 4) is 0 Å². The van der Waals surface area contributed by atoms with Gasteiger partial charge in [0.25, 0.3) is 0 Å². The van der Waals surface area contributed by atoms with Crippen LogP contribution >= 0.6 is 23.5 Å². The van der Waals surface area contributed by atoms with Crippen molar-refractivity contribution in [2.75, 3.05) is 75.9 Å². The molecule has 0 radical (unpaired) electrons. The molecule has 6 nitrogen and oxygen atoms in total. The van der Waals surface area contributed by atoms with Crippen molar-refractivity contribution in [1.29, 1.82) is 0 Å². The first-order valence-electron chi connectivity index (χ1n) is 16.2. The van der Waals surface area contributed by atoms with Crippen LogP contribution in [0, 0.1) is 0 Å². The second-order valence-corrected chi connectivity index (χ2v) is 14.6. The number of rotatable bonds is 31. The molecular formula is C28H32F26O6S2. The van der Waals surface area contributed by atoms with Crippen molar-refractivity contribution in [1.82, 2.24) is 0 Å². The van der Waals surface area contributed by atoms with Crippen LogP contribution in [0.3, 0.4) is 0 Å². The highest BCUT2D eigenvalue weighted by Crippen LogP contribution is 2.62. The molecule has 0 aromatic rings. The largest absolute Gasteiger partial charge is 0.460 e. The monoisotopic (exact) mass is 1020 g/mol. The summed E-state index contributed by atoms with van der Waals surface area (Å²) in [7, 11) is 0. The first-order chi connectivity index (χ1) is 27.5. The molecule has 0 fully saturated rings. The lowest BCUT2D eigenvalue weighted by atomic mass is 9.93. The highest BCUT2D eigenvalue weighted by Gasteiger charge is 2.92. The maximum absolute atomic E-state index is 13.8. The highest BCUT2D eigenvalue weighted by molar-refractivity contribution is 7.99. The van der Waals surface area contributed by atoms with Crippen LogP contribution in [0.25, 0.3) is 0 Å². The Balaban J connectivity index is 4.34. The smallest absolute Gasteiger partial charge is 0.390 e. The van der Waals surface area contributed by atoms with E-state index >= 15 is 0 Å². The standard InChI is InChI=1S/C28H32F26O6S2/c29-17(30,19(33,34)21(37,38)23(41,42)25(45,46)27(49,50)51)1-9-61-13-15(55)11-59-7-5-57-3-4-58-6-8-60-12-16(56)14-62-10-2-18(31,32)20(35,36)22(39,40)24(43,44)26(47,48)28(52,53)54/h15-16,55-56H,1-14H2. The minimum absolute atomic E-state index is 0.117. The molecule has 0 aromatic carbocycles. The lowest BCUT2D eigenvalue weighted by Gasteiger charge is -2.39. The van der Waals surface area contributed by atoms with Crippen molar-refractivity contribution in [3.63, 3.8) is 0 Å². The Labute approximate surface area is 339 Å². The van der Waals surface area contributed by atoms with E-state index in [0.29, 0.717) is 0 Å². The summed E-state index contributed by atoms with van der Waals surface area (Å²) in [4.78, 5) is 0. The van der Waals surface area contributed by atoms with E-state index in [9.17, 15) is 124 Å².